The fourth-order valence-electron chi connectivity index (χ4n) is 5.94. The average molecular weight is 535 g/mol. The van der Waals surface area contributed by atoms with Crippen molar-refractivity contribution in [1.82, 2.24) is 0 Å². The Bertz CT molecular complexity index is 872. The number of hydrogen-bond acceptors (Lipinski definition) is 1. The molecule has 2 aromatic rings. The molecule has 2 aromatic carbocycles. The number of unbranched alkanes of at least 4 members (excludes halogenated alkanes) is 16. The van der Waals surface area contributed by atoms with E-state index in [0.717, 1.165) is 6.42 Å². The van der Waals surface area contributed by atoms with Crippen molar-refractivity contribution in [2.24, 2.45) is 5.92 Å². The highest BCUT2D eigenvalue weighted by atomic mass is 16.4. The SMILES string of the molecule is CCCCCCCCCCCCC(CCCCCCCCCC)Cc1cc(C(=O)O)ccc1-c1ccccc1. The first-order chi connectivity index (χ1) is 19.2. The molecule has 2 heteroatoms. The number of carboxylic acids is 1. The smallest absolute Gasteiger partial charge is 0.335 e. The van der Waals surface area contributed by atoms with Gasteiger partial charge in [-0.1, -0.05) is 179 Å². The van der Waals surface area contributed by atoms with E-state index >= 15 is 0 Å². The second-order valence-electron chi connectivity index (χ2n) is 11.8. The number of rotatable bonds is 24. The highest BCUT2D eigenvalue weighted by Gasteiger charge is 2.16. The largest absolute Gasteiger partial charge is 0.478 e. The van der Waals surface area contributed by atoms with Crippen LogP contribution in [0.3, 0.4) is 0 Å². The van der Waals surface area contributed by atoms with Gasteiger partial charge in [0.2, 0.25) is 0 Å². The van der Waals surface area contributed by atoms with Crippen molar-refractivity contribution in [3.05, 3.63) is 59.7 Å². The highest BCUT2D eigenvalue weighted by molar-refractivity contribution is 5.89. The van der Waals surface area contributed by atoms with Crippen LogP contribution < -0.4 is 0 Å². The van der Waals surface area contributed by atoms with Gasteiger partial charge in [0.25, 0.3) is 0 Å². The van der Waals surface area contributed by atoms with Crippen molar-refractivity contribution in [3.8, 4) is 11.1 Å². The van der Waals surface area contributed by atoms with Crippen molar-refractivity contribution in [2.75, 3.05) is 0 Å². The number of carbonyl (C=O) groups is 1. The molecule has 0 aliphatic carbocycles. The molecular formula is C37H58O2. The Kier molecular flexibility index (Phi) is 18.4. The van der Waals surface area contributed by atoms with Gasteiger partial charge in [-0.15, -0.1) is 0 Å². The lowest BCUT2D eigenvalue weighted by Crippen LogP contribution is -2.08. The van der Waals surface area contributed by atoms with Gasteiger partial charge in [-0.2, -0.15) is 0 Å². The second kappa shape index (κ2) is 21.7. The van der Waals surface area contributed by atoms with E-state index in [1.165, 1.54) is 145 Å². The van der Waals surface area contributed by atoms with Gasteiger partial charge in [-0.05, 0) is 41.2 Å². The molecule has 1 unspecified atom stereocenters. The first-order valence-electron chi connectivity index (χ1n) is 16.6. The summed E-state index contributed by atoms with van der Waals surface area (Å²) in [6, 6.07) is 16.2. The van der Waals surface area contributed by atoms with E-state index in [2.05, 4.69) is 38.1 Å². The molecule has 0 saturated carbocycles. The van der Waals surface area contributed by atoms with Gasteiger partial charge < -0.3 is 5.11 Å². The summed E-state index contributed by atoms with van der Waals surface area (Å²) in [5.41, 5.74) is 4.01. The summed E-state index contributed by atoms with van der Waals surface area (Å²) in [5, 5.41) is 9.69. The van der Waals surface area contributed by atoms with Crippen LogP contribution in [0.4, 0.5) is 0 Å². The summed E-state index contributed by atoms with van der Waals surface area (Å²) >= 11 is 0. The molecule has 2 rings (SSSR count). The van der Waals surface area contributed by atoms with Crippen molar-refractivity contribution in [3.63, 3.8) is 0 Å². The maximum absolute atomic E-state index is 11.8. The van der Waals surface area contributed by atoms with Crippen LogP contribution in [0.15, 0.2) is 48.5 Å². The van der Waals surface area contributed by atoms with Crippen LogP contribution in [-0.2, 0) is 6.42 Å². The topological polar surface area (TPSA) is 37.3 Å². The van der Waals surface area contributed by atoms with E-state index in [4.69, 9.17) is 0 Å². The van der Waals surface area contributed by atoms with E-state index in [0.29, 0.717) is 11.5 Å². The Labute approximate surface area is 241 Å². The Morgan fingerprint density at radius 2 is 1.08 bits per heavy atom. The highest BCUT2D eigenvalue weighted by Crippen LogP contribution is 2.30. The molecule has 2 nitrogen and oxygen atoms in total. The minimum atomic E-state index is -0.829. The van der Waals surface area contributed by atoms with Crippen LogP contribution in [0.25, 0.3) is 11.1 Å². The fourth-order valence-corrected chi connectivity index (χ4v) is 5.94. The predicted octanol–water partition coefficient (Wildman–Crippen LogP) is 12.1. The fraction of sp³-hybridized carbons (Fsp3) is 0.649. The van der Waals surface area contributed by atoms with Gasteiger partial charge in [-0.3, -0.25) is 0 Å². The Morgan fingerprint density at radius 1 is 0.615 bits per heavy atom. The summed E-state index contributed by atoms with van der Waals surface area (Å²) in [6.45, 7) is 4.57. The number of carboxylic acid groups (broad SMARTS) is 1. The van der Waals surface area contributed by atoms with E-state index in [9.17, 15) is 9.90 Å². The van der Waals surface area contributed by atoms with Gasteiger partial charge in [0.05, 0.1) is 5.56 Å². The summed E-state index contributed by atoms with van der Waals surface area (Å²) in [6.07, 6.45) is 28.1. The Balaban J connectivity index is 1.93. The van der Waals surface area contributed by atoms with E-state index in [1.807, 2.05) is 18.2 Å². The minimum absolute atomic E-state index is 0.412. The maximum Gasteiger partial charge on any atom is 0.335 e. The molecule has 39 heavy (non-hydrogen) atoms. The molecule has 0 bridgehead atoms. The third-order valence-corrected chi connectivity index (χ3v) is 8.38. The van der Waals surface area contributed by atoms with E-state index in [1.54, 1.807) is 6.07 Å². The van der Waals surface area contributed by atoms with Crippen LogP contribution >= 0.6 is 0 Å². The third-order valence-electron chi connectivity index (χ3n) is 8.38. The van der Waals surface area contributed by atoms with E-state index in [-0.39, 0.29) is 0 Å². The molecule has 0 saturated heterocycles. The minimum Gasteiger partial charge on any atom is -0.478 e. The molecule has 0 spiro atoms. The number of benzene rings is 2. The maximum atomic E-state index is 11.8. The van der Waals surface area contributed by atoms with Gasteiger partial charge in [-0.25, -0.2) is 4.79 Å². The second-order valence-corrected chi connectivity index (χ2v) is 11.8. The summed E-state index contributed by atoms with van der Waals surface area (Å²) in [5.74, 6) is -0.198. The van der Waals surface area contributed by atoms with Gasteiger partial charge in [0, 0.05) is 0 Å². The van der Waals surface area contributed by atoms with Crippen LogP contribution in [0.2, 0.25) is 0 Å². The monoisotopic (exact) mass is 534 g/mol. The molecular weight excluding hydrogens is 476 g/mol. The Hall–Kier alpha value is -2.09. The Morgan fingerprint density at radius 3 is 1.54 bits per heavy atom. The number of hydrogen-bond donors (Lipinski definition) is 1. The molecule has 0 aliphatic rings. The zero-order valence-corrected chi connectivity index (χ0v) is 25.4. The van der Waals surface area contributed by atoms with Crippen LogP contribution in [0, 0.1) is 5.92 Å². The normalized spacial score (nSPS) is 12.1. The molecule has 1 atom stereocenters. The lowest BCUT2D eigenvalue weighted by Gasteiger charge is -2.20. The lowest BCUT2D eigenvalue weighted by molar-refractivity contribution is 0.0696. The van der Waals surface area contributed by atoms with Crippen molar-refractivity contribution in [1.29, 1.82) is 0 Å². The van der Waals surface area contributed by atoms with Crippen molar-refractivity contribution < 1.29 is 9.90 Å². The molecule has 0 aromatic heterocycles. The molecule has 1 N–H and O–H groups in total. The van der Waals surface area contributed by atoms with E-state index < -0.39 is 5.97 Å². The standard InChI is InChI=1S/C37H58O2/c1-3-5-7-9-11-13-14-16-18-21-25-32(24-20-17-15-12-10-8-6-4-2)30-35-31-34(37(38)39)28-29-36(35)33-26-22-19-23-27-33/h19,22-23,26-29,31-32H,3-18,20-21,24-25,30H2,1-2H3,(H,38,39). The molecule has 0 heterocycles. The van der Waals surface area contributed by atoms with Crippen LogP contribution in [0.5, 0.6) is 0 Å². The zero-order chi connectivity index (χ0) is 28.0. The molecule has 0 fully saturated rings. The van der Waals surface area contributed by atoms with Gasteiger partial charge in [0.15, 0.2) is 0 Å². The first-order valence-corrected chi connectivity index (χ1v) is 16.6. The van der Waals surface area contributed by atoms with Crippen molar-refractivity contribution >= 4 is 5.97 Å². The first kappa shape index (κ1) is 33.1. The average Bonchev–Trinajstić information content (AvgIpc) is 2.95. The zero-order valence-electron chi connectivity index (χ0n) is 25.4. The summed E-state index contributed by atoms with van der Waals surface area (Å²) < 4.78 is 0. The molecule has 0 aliphatic heterocycles. The molecule has 0 amide bonds. The van der Waals surface area contributed by atoms with Crippen LogP contribution in [-0.4, -0.2) is 11.1 Å². The lowest BCUT2D eigenvalue weighted by atomic mass is 9.85. The third kappa shape index (κ3) is 14.8. The van der Waals surface area contributed by atoms with Crippen molar-refractivity contribution in [2.45, 2.75) is 149 Å². The summed E-state index contributed by atoms with van der Waals surface area (Å²) in [7, 11) is 0. The van der Waals surface area contributed by atoms with Crippen LogP contribution in [0.1, 0.15) is 158 Å². The van der Waals surface area contributed by atoms with Gasteiger partial charge in [0.1, 0.15) is 0 Å². The molecule has 0 radical (unpaired) electrons. The number of aromatic carboxylic acids is 1. The van der Waals surface area contributed by atoms with Gasteiger partial charge >= 0.3 is 5.97 Å². The quantitative estimate of drug-likeness (QED) is 0.136. The predicted molar refractivity (Wildman–Crippen MR) is 170 cm³/mol. The molecule has 218 valence electrons. The summed E-state index contributed by atoms with van der Waals surface area (Å²) in [4.78, 5) is 11.8.